The maximum atomic E-state index is 3.98. The summed E-state index contributed by atoms with van der Waals surface area (Å²) < 4.78 is 0. The van der Waals surface area contributed by atoms with Gasteiger partial charge in [-0.25, -0.2) is 64.8 Å². The Morgan fingerprint density at radius 3 is 0.612 bits per heavy atom. The number of benzene rings is 5. The van der Waals surface area contributed by atoms with Crippen molar-refractivity contribution in [2.45, 2.75) is 96.9 Å². The molecule has 14 aromatic rings. The molecule has 14 rings (SSSR count). The first-order valence-corrected chi connectivity index (χ1v) is 31.4. The topological polar surface area (TPSA) is 206 Å². The van der Waals surface area contributed by atoms with Crippen LogP contribution in [0.2, 0.25) is 0 Å². The molecule has 0 atom stereocenters. The molecule has 98 heavy (non-hydrogen) atoms. The van der Waals surface area contributed by atoms with Crippen molar-refractivity contribution in [3.05, 3.63) is 410 Å². The van der Waals surface area contributed by atoms with E-state index in [0.29, 0.717) is 0 Å². The molecule has 5 aromatic carbocycles. The van der Waals surface area contributed by atoms with Crippen molar-refractivity contribution in [3.63, 3.8) is 0 Å². The van der Waals surface area contributed by atoms with Gasteiger partial charge in [0.15, 0.2) is 0 Å². The number of rotatable bonds is 0. The van der Waals surface area contributed by atoms with Gasteiger partial charge in [-0.05, 0) is 168 Å². The lowest BCUT2D eigenvalue weighted by molar-refractivity contribution is 0.974. The largest absolute Gasteiger partial charge is 0.265 e. The fraction of sp³-hybridized carbons (Fsp3) is 0.171. The van der Waals surface area contributed by atoms with Gasteiger partial charge in [0.25, 0.3) is 0 Å². The lowest BCUT2D eigenvalue weighted by Gasteiger charge is -1.82. The maximum Gasteiger partial charge on any atom is 0.128 e. The van der Waals surface area contributed by atoms with Gasteiger partial charge in [0.05, 0.1) is 0 Å². The molecule has 0 N–H and O–H groups in total. The Morgan fingerprint density at radius 2 is 0.449 bits per heavy atom. The van der Waals surface area contributed by atoms with E-state index in [1.165, 1.54) is 70.6 Å². The number of aromatic nitrogens is 16. The van der Waals surface area contributed by atoms with Crippen molar-refractivity contribution >= 4 is 0 Å². The number of aryl methyl sites for hydroxylation is 14. The molecule has 0 aliphatic rings. The van der Waals surface area contributed by atoms with Crippen LogP contribution in [-0.2, 0) is 0 Å². The highest BCUT2D eigenvalue weighted by Gasteiger charge is 1.82. The number of pyridine rings is 3. The number of nitrogens with zero attached hydrogens (tertiary/aromatic N) is 16. The fourth-order valence-electron chi connectivity index (χ4n) is 6.14. The first kappa shape index (κ1) is 84.0. The van der Waals surface area contributed by atoms with Gasteiger partial charge in [-0.2, -0.15) is 0 Å². The zero-order valence-electron chi connectivity index (χ0n) is 59.3. The molecule has 0 aliphatic carbocycles. The summed E-state index contributed by atoms with van der Waals surface area (Å²) in [6.07, 6.45) is 32.2. The average Bonchev–Trinajstić information content (AvgIpc) is 3.63. The molecule has 0 radical (unpaired) electrons. The predicted molar refractivity (Wildman–Crippen MR) is 401 cm³/mol. The quantitative estimate of drug-likeness (QED) is 0.138. The predicted octanol–water partition coefficient (Wildman–Crippen LogP) is 18.3. The molecule has 504 valence electrons. The van der Waals surface area contributed by atoms with Crippen LogP contribution in [0.3, 0.4) is 0 Å². The molecule has 9 heterocycles. The highest BCUT2D eigenvalue weighted by Crippen LogP contribution is 1.97. The third-order valence-corrected chi connectivity index (χ3v) is 11.3. The smallest absolute Gasteiger partial charge is 0.128 e. The Kier molecular flexibility index (Phi) is 51.4. The summed E-state index contributed by atoms with van der Waals surface area (Å²) in [7, 11) is 0. The van der Waals surface area contributed by atoms with E-state index in [0.717, 1.165) is 40.0 Å². The third-order valence-electron chi connectivity index (χ3n) is 11.3. The molecule has 0 bridgehead atoms. The summed E-state index contributed by atoms with van der Waals surface area (Å²) in [5.74, 6) is 2.40. The summed E-state index contributed by atoms with van der Waals surface area (Å²) in [6.45, 7) is 27.8. The lowest BCUT2D eigenvalue weighted by Crippen LogP contribution is -1.84. The van der Waals surface area contributed by atoms with E-state index >= 15 is 0 Å². The van der Waals surface area contributed by atoms with Crippen LogP contribution < -0.4 is 0 Å². The van der Waals surface area contributed by atoms with Gasteiger partial charge < -0.3 is 0 Å². The summed E-state index contributed by atoms with van der Waals surface area (Å²) in [5, 5.41) is 0. The normalized spacial score (nSPS) is 8.71. The molecular weight excluding hydrogens is 1210 g/mol. The molecule has 0 fully saturated rings. The van der Waals surface area contributed by atoms with Crippen molar-refractivity contribution in [2.75, 3.05) is 0 Å². The van der Waals surface area contributed by atoms with Gasteiger partial charge in [-0.3, -0.25) is 15.0 Å². The highest BCUT2D eigenvalue weighted by molar-refractivity contribution is 5.15. The van der Waals surface area contributed by atoms with Gasteiger partial charge in [0.1, 0.15) is 49.1 Å². The van der Waals surface area contributed by atoms with E-state index < -0.39 is 0 Å². The summed E-state index contributed by atoms with van der Waals surface area (Å²) >= 11 is 0. The van der Waals surface area contributed by atoms with E-state index in [2.05, 4.69) is 175 Å². The van der Waals surface area contributed by atoms with Gasteiger partial charge in [-0.15, -0.1) is 0 Å². The van der Waals surface area contributed by atoms with Crippen molar-refractivity contribution in [2.24, 2.45) is 0 Å². The average molecular weight is 1310 g/mol. The minimum Gasteiger partial charge on any atom is -0.265 e. The van der Waals surface area contributed by atoms with Gasteiger partial charge in [0.2, 0.25) is 0 Å². The molecule has 0 unspecified atom stereocenters. The van der Waals surface area contributed by atoms with Crippen LogP contribution in [0.4, 0.5) is 0 Å². The van der Waals surface area contributed by atoms with Crippen molar-refractivity contribution in [1.29, 1.82) is 0 Å². The second-order valence-corrected chi connectivity index (χ2v) is 20.8. The van der Waals surface area contributed by atoms with Crippen LogP contribution in [0.5, 0.6) is 0 Å². The number of hydrogen-bond donors (Lipinski definition) is 0. The van der Waals surface area contributed by atoms with Crippen LogP contribution in [0, 0.1) is 96.9 Å². The second kappa shape index (κ2) is 59.9. The lowest BCUT2D eigenvalue weighted by atomic mass is 10.2. The third kappa shape index (κ3) is 57.8. The molecule has 0 saturated heterocycles. The van der Waals surface area contributed by atoms with Gasteiger partial charge >= 0.3 is 0 Å². The zero-order valence-corrected chi connectivity index (χ0v) is 59.3. The molecule has 9 aromatic heterocycles. The van der Waals surface area contributed by atoms with E-state index in [1.807, 2.05) is 208 Å². The molecule has 0 aliphatic heterocycles. The SMILES string of the molecule is Cc1ccccc1.Cc1ccccc1.Cc1ccccc1.Cc1ccccc1.Cc1ccccc1.Cc1ccccn1.Cc1cccnc1.Cc1ccncc1.Cc1ccncn1.Cc1cncnc1.Cc1cncnc1.Cc1ncccn1.Cc1ncccn1.Cc1ncncn1. The first-order chi connectivity index (χ1) is 47.5. The Balaban J connectivity index is 0.000000528. The molecular formula is C82H96N16. The van der Waals surface area contributed by atoms with Crippen LogP contribution in [0.1, 0.15) is 78.9 Å². The van der Waals surface area contributed by atoms with Crippen LogP contribution in [-0.4, -0.2) is 79.7 Å². The van der Waals surface area contributed by atoms with Crippen molar-refractivity contribution in [1.82, 2.24) is 79.7 Å². The first-order valence-electron chi connectivity index (χ1n) is 31.4. The van der Waals surface area contributed by atoms with Crippen molar-refractivity contribution in [3.8, 4) is 0 Å². The van der Waals surface area contributed by atoms with Crippen LogP contribution >= 0.6 is 0 Å². The van der Waals surface area contributed by atoms with Crippen molar-refractivity contribution < 1.29 is 0 Å². The Morgan fingerprint density at radius 1 is 0.153 bits per heavy atom. The zero-order chi connectivity index (χ0) is 71.6. The Hall–Kier alpha value is -12.0. The van der Waals surface area contributed by atoms with Crippen LogP contribution in [0.15, 0.2) is 331 Å². The highest BCUT2D eigenvalue weighted by atomic mass is 15.0. The molecule has 0 amide bonds. The standard InChI is InChI=1S/5C7H8.3C6H7N.5C5H6N2.C4H5N3/c5*1-7-5-3-2-4-6-7;1-6-2-4-7-5-3-6;1-6-3-2-4-7-5-6;1-6-4-2-3-5-7-6;2*1-5-2-6-4-7-3-5;1-5-2-3-6-4-7-5;2*1-5-6-3-2-4-7-5;1-4-6-2-5-3-7-4/h5*2-6H,1H3;3*2-5H,1H3;5*2-4H,1H3;2-3H,1H3. The summed E-state index contributed by atoms with van der Waals surface area (Å²) in [5.41, 5.74) is 13.4. The van der Waals surface area contributed by atoms with E-state index in [9.17, 15) is 0 Å². The molecule has 0 saturated carbocycles. The minimum atomic E-state index is 0.759. The minimum absolute atomic E-state index is 0.759. The van der Waals surface area contributed by atoms with Gasteiger partial charge in [-0.1, -0.05) is 192 Å². The fourth-order valence-corrected chi connectivity index (χ4v) is 6.14. The second-order valence-electron chi connectivity index (χ2n) is 20.8. The summed E-state index contributed by atoms with van der Waals surface area (Å²) in [4.78, 5) is 61.0. The monoisotopic (exact) mass is 1300 g/mol. The molecule has 0 spiro atoms. The maximum absolute atomic E-state index is 3.98. The van der Waals surface area contributed by atoms with Gasteiger partial charge in [0, 0.05) is 98.1 Å². The van der Waals surface area contributed by atoms with E-state index in [1.54, 1.807) is 92.7 Å². The molecule has 16 heteroatoms. The number of hydrogen-bond acceptors (Lipinski definition) is 16. The Labute approximate surface area is 583 Å². The van der Waals surface area contributed by atoms with Crippen LogP contribution in [0.25, 0.3) is 0 Å². The Bertz CT molecular complexity index is 2880. The summed E-state index contributed by atoms with van der Waals surface area (Å²) in [6, 6.07) is 70.5. The van der Waals surface area contributed by atoms with E-state index in [-0.39, 0.29) is 0 Å². The van der Waals surface area contributed by atoms with E-state index in [4.69, 9.17) is 0 Å². The molecule has 16 nitrogen and oxygen atoms in total.